The third kappa shape index (κ3) is 3.46. The fourth-order valence-electron chi connectivity index (χ4n) is 2.20. The fourth-order valence-corrected chi connectivity index (χ4v) is 3.22. The summed E-state index contributed by atoms with van der Waals surface area (Å²) in [5.74, 6) is 3.43. The summed E-state index contributed by atoms with van der Waals surface area (Å²) in [6, 6.07) is 11.5. The molecule has 0 bridgehead atoms. The summed E-state index contributed by atoms with van der Waals surface area (Å²) in [5, 5.41) is 0.654. The standard InChI is InChI=1S/C16H16ClNO2S/c17-12-2-1-11(5-6-18)15(9-12)20-13-3-4-14-16(10-13)21-8-7-19-14/h1-4,9-10H,5-8,18H2. The van der Waals surface area contributed by atoms with Crippen LogP contribution in [0.3, 0.4) is 0 Å². The highest BCUT2D eigenvalue weighted by Gasteiger charge is 2.13. The van der Waals surface area contributed by atoms with E-state index in [0.29, 0.717) is 11.6 Å². The summed E-state index contributed by atoms with van der Waals surface area (Å²) in [4.78, 5) is 1.11. The third-order valence-electron chi connectivity index (χ3n) is 3.18. The number of hydrogen-bond acceptors (Lipinski definition) is 4. The molecule has 2 aromatic carbocycles. The number of halogens is 1. The van der Waals surface area contributed by atoms with Crippen molar-refractivity contribution in [1.82, 2.24) is 0 Å². The highest BCUT2D eigenvalue weighted by Crippen LogP contribution is 2.38. The van der Waals surface area contributed by atoms with E-state index in [0.717, 1.165) is 46.5 Å². The van der Waals surface area contributed by atoms with Crippen LogP contribution in [0.25, 0.3) is 0 Å². The van der Waals surface area contributed by atoms with Crippen molar-refractivity contribution in [2.45, 2.75) is 11.3 Å². The van der Waals surface area contributed by atoms with Crippen molar-refractivity contribution in [2.75, 3.05) is 18.9 Å². The molecule has 0 amide bonds. The molecule has 0 atom stereocenters. The summed E-state index contributed by atoms with van der Waals surface area (Å²) in [6.07, 6.45) is 0.759. The summed E-state index contributed by atoms with van der Waals surface area (Å²) in [7, 11) is 0. The van der Waals surface area contributed by atoms with Gasteiger partial charge in [0, 0.05) is 10.8 Å². The van der Waals surface area contributed by atoms with Gasteiger partial charge in [0.25, 0.3) is 0 Å². The Balaban J connectivity index is 1.87. The predicted octanol–water partition coefficient (Wildman–Crippen LogP) is 4.12. The number of fused-ring (bicyclic) bond motifs is 1. The van der Waals surface area contributed by atoms with Crippen LogP contribution in [0, 0.1) is 0 Å². The van der Waals surface area contributed by atoms with E-state index >= 15 is 0 Å². The van der Waals surface area contributed by atoms with E-state index in [-0.39, 0.29) is 0 Å². The van der Waals surface area contributed by atoms with E-state index in [1.807, 2.05) is 36.4 Å². The lowest BCUT2D eigenvalue weighted by molar-refractivity contribution is 0.329. The lowest BCUT2D eigenvalue weighted by Gasteiger charge is -2.18. The maximum atomic E-state index is 6.06. The first-order chi connectivity index (χ1) is 10.3. The summed E-state index contributed by atoms with van der Waals surface area (Å²) < 4.78 is 11.6. The summed E-state index contributed by atoms with van der Waals surface area (Å²) >= 11 is 7.84. The van der Waals surface area contributed by atoms with E-state index in [9.17, 15) is 0 Å². The van der Waals surface area contributed by atoms with Crippen LogP contribution in [0.1, 0.15) is 5.56 Å². The van der Waals surface area contributed by atoms with Gasteiger partial charge in [0.15, 0.2) is 0 Å². The third-order valence-corrected chi connectivity index (χ3v) is 4.42. The predicted molar refractivity (Wildman–Crippen MR) is 86.9 cm³/mol. The largest absolute Gasteiger partial charge is 0.492 e. The minimum atomic E-state index is 0.575. The van der Waals surface area contributed by atoms with Gasteiger partial charge in [-0.25, -0.2) is 0 Å². The van der Waals surface area contributed by atoms with Gasteiger partial charge >= 0.3 is 0 Å². The Labute approximate surface area is 133 Å². The number of thioether (sulfide) groups is 1. The topological polar surface area (TPSA) is 44.5 Å². The number of hydrogen-bond donors (Lipinski definition) is 1. The smallest absolute Gasteiger partial charge is 0.133 e. The van der Waals surface area contributed by atoms with Crippen LogP contribution in [-0.2, 0) is 6.42 Å². The summed E-state index contributed by atoms with van der Waals surface area (Å²) in [5.41, 5.74) is 6.70. The van der Waals surface area contributed by atoms with Crippen molar-refractivity contribution in [3.8, 4) is 17.2 Å². The first-order valence-corrected chi connectivity index (χ1v) is 8.18. The molecular weight excluding hydrogens is 306 g/mol. The second-order valence-electron chi connectivity index (χ2n) is 4.70. The van der Waals surface area contributed by atoms with Gasteiger partial charge in [0.2, 0.25) is 0 Å². The molecule has 0 spiro atoms. The van der Waals surface area contributed by atoms with Crippen molar-refractivity contribution < 1.29 is 9.47 Å². The number of ether oxygens (including phenoxy) is 2. The lowest BCUT2D eigenvalue weighted by Crippen LogP contribution is -2.06. The van der Waals surface area contributed by atoms with Crippen LogP contribution >= 0.6 is 23.4 Å². The second-order valence-corrected chi connectivity index (χ2v) is 6.27. The number of benzene rings is 2. The normalized spacial score (nSPS) is 13.4. The maximum Gasteiger partial charge on any atom is 0.133 e. The first-order valence-electron chi connectivity index (χ1n) is 6.82. The monoisotopic (exact) mass is 321 g/mol. The van der Waals surface area contributed by atoms with E-state index in [2.05, 4.69) is 0 Å². The molecule has 1 aliphatic heterocycles. The Kier molecular flexibility index (Phi) is 4.58. The Hall–Kier alpha value is -1.36. The lowest BCUT2D eigenvalue weighted by atomic mass is 10.1. The highest BCUT2D eigenvalue weighted by molar-refractivity contribution is 7.99. The van der Waals surface area contributed by atoms with Gasteiger partial charge in [0.1, 0.15) is 17.2 Å². The molecule has 3 nitrogen and oxygen atoms in total. The van der Waals surface area contributed by atoms with Crippen LogP contribution < -0.4 is 15.2 Å². The zero-order valence-electron chi connectivity index (χ0n) is 11.5. The van der Waals surface area contributed by atoms with Crippen LogP contribution in [0.2, 0.25) is 5.02 Å². The average Bonchev–Trinajstić information content (AvgIpc) is 2.50. The number of rotatable bonds is 4. The van der Waals surface area contributed by atoms with Crippen molar-refractivity contribution in [2.24, 2.45) is 5.73 Å². The molecule has 0 saturated carbocycles. The highest BCUT2D eigenvalue weighted by atomic mass is 35.5. The Morgan fingerprint density at radius 2 is 2.14 bits per heavy atom. The van der Waals surface area contributed by atoms with E-state index in [4.69, 9.17) is 26.8 Å². The van der Waals surface area contributed by atoms with Crippen molar-refractivity contribution in [3.63, 3.8) is 0 Å². The van der Waals surface area contributed by atoms with Crippen LogP contribution in [0.4, 0.5) is 0 Å². The Morgan fingerprint density at radius 3 is 3.00 bits per heavy atom. The first kappa shape index (κ1) is 14.6. The average molecular weight is 322 g/mol. The molecule has 3 rings (SSSR count). The fraction of sp³-hybridized carbons (Fsp3) is 0.250. The SMILES string of the molecule is NCCc1ccc(Cl)cc1Oc1ccc2c(c1)SCCO2. The quantitative estimate of drug-likeness (QED) is 0.920. The zero-order valence-corrected chi connectivity index (χ0v) is 13.0. The minimum absolute atomic E-state index is 0.575. The second kappa shape index (κ2) is 6.60. The van der Waals surface area contributed by atoms with E-state index in [1.54, 1.807) is 11.8 Å². The van der Waals surface area contributed by atoms with Crippen LogP contribution in [0.5, 0.6) is 17.2 Å². The molecule has 2 aromatic rings. The molecule has 0 aromatic heterocycles. The molecule has 5 heteroatoms. The Morgan fingerprint density at radius 1 is 1.24 bits per heavy atom. The minimum Gasteiger partial charge on any atom is -0.492 e. The molecule has 0 radical (unpaired) electrons. The van der Waals surface area contributed by atoms with Gasteiger partial charge in [-0.15, -0.1) is 11.8 Å². The van der Waals surface area contributed by atoms with Crippen molar-refractivity contribution in [3.05, 3.63) is 47.0 Å². The Bertz CT molecular complexity index is 648. The van der Waals surface area contributed by atoms with Gasteiger partial charge in [0.05, 0.1) is 11.5 Å². The van der Waals surface area contributed by atoms with Gasteiger partial charge in [-0.3, -0.25) is 0 Å². The zero-order chi connectivity index (χ0) is 14.7. The maximum absolute atomic E-state index is 6.06. The van der Waals surface area contributed by atoms with E-state index in [1.165, 1.54) is 0 Å². The van der Waals surface area contributed by atoms with E-state index < -0.39 is 0 Å². The molecule has 21 heavy (non-hydrogen) atoms. The summed E-state index contributed by atoms with van der Waals surface area (Å²) in [6.45, 7) is 1.33. The van der Waals surface area contributed by atoms with Gasteiger partial charge in [-0.05, 0) is 48.9 Å². The molecule has 0 aliphatic carbocycles. The molecule has 0 unspecified atom stereocenters. The van der Waals surface area contributed by atoms with Gasteiger partial charge in [-0.1, -0.05) is 17.7 Å². The molecule has 0 fully saturated rings. The molecule has 0 saturated heterocycles. The number of nitrogens with two attached hydrogens (primary N) is 1. The molecule has 1 aliphatic rings. The van der Waals surface area contributed by atoms with Crippen molar-refractivity contribution >= 4 is 23.4 Å². The molecular formula is C16H16ClNO2S. The molecule has 2 N–H and O–H groups in total. The van der Waals surface area contributed by atoms with Gasteiger partial charge in [-0.2, -0.15) is 0 Å². The van der Waals surface area contributed by atoms with Crippen LogP contribution in [0.15, 0.2) is 41.3 Å². The van der Waals surface area contributed by atoms with Gasteiger partial charge < -0.3 is 15.2 Å². The van der Waals surface area contributed by atoms with Crippen LogP contribution in [-0.4, -0.2) is 18.9 Å². The van der Waals surface area contributed by atoms with Crippen molar-refractivity contribution in [1.29, 1.82) is 0 Å². The molecule has 1 heterocycles. The molecule has 110 valence electrons.